The first-order valence-electron chi connectivity index (χ1n) is 4.01. The highest BCUT2D eigenvalue weighted by Crippen LogP contribution is 2.16. The average Bonchev–Trinajstić information content (AvgIpc) is 2.71. The van der Waals surface area contributed by atoms with Crippen LogP contribution in [0.15, 0.2) is 29.4 Å². The molecule has 0 bridgehead atoms. The summed E-state index contributed by atoms with van der Waals surface area (Å²) in [6.45, 7) is 0.463. The molecule has 0 saturated carbocycles. The molecule has 0 spiro atoms. The Morgan fingerprint density at radius 2 is 2.36 bits per heavy atom. The second-order valence-corrected chi connectivity index (χ2v) is 3.53. The van der Waals surface area contributed by atoms with Gasteiger partial charge in [-0.05, 0) is 27.6 Å². The summed E-state index contributed by atoms with van der Waals surface area (Å²) in [7, 11) is 0. The van der Waals surface area contributed by atoms with Gasteiger partial charge in [-0.15, -0.1) is 0 Å². The van der Waals surface area contributed by atoms with E-state index in [4.69, 9.17) is 5.73 Å². The van der Waals surface area contributed by atoms with Crippen LogP contribution in [0, 0.1) is 0 Å². The van der Waals surface area contributed by atoms with E-state index in [0.717, 1.165) is 10.0 Å². The van der Waals surface area contributed by atoms with Crippen LogP contribution in [0.25, 0.3) is 5.82 Å². The van der Waals surface area contributed by atoms with E-state index < -0.39 is 0 Å². The summed E-state index contributed by atoms with van der Waals surface area (Å²) in [5, 5.41) is 3.98. The van der Waals surface area contributed by atoms with Crippen molar-refractivity contribution in [3.05, 3.63) is 35.0 Å². The number of rotatable bonds is 2. The molecule has 2 heterocycles. The molecule has 2 aromatic heterocycles. The molecule has 0 fully saturated rings. The van der Waals surface area contributed by atoms with E-state index in [0.29, 0.717) is 12.4 Å². The van der Waals surface area contributed by atoms with Crippen LogP contribution in [-0.4, -0.2) is 19.7 Å². The van der Waals surface area contributed by atoms with E-state index in [1.807, 2.05) is 6.07 Å². The van der Waals surface area contributed by atoms with Crippen LogP contribution in [0.4, 0.5) is 0 Å². The topological polar surface area (TPSA) is 69.6 Å². The second-order valence-electron chi connectivity index (χ2n) is 2.68. The number of nitrogens with two attached hydrogens (primary N) is 1. The second kappa shape index (κ2) is 3.85. The predicted molar refractivity (Wildman–Crippen MR) is 54.7 cm³/mol. The summed E-state index contributed by atoms with van der Waals surface area (Å²) in [5.74, 6) is 0.714. The van der Waals surface area contributed by atoms with Crippen LogP contribution in [0.1, 0.15) is 5.56 Å². The van der Waals surface area contributed by atoms with E-state index in [9.17, 15) is 0 Å². The Morgan fingerprint density at radius 3 is 3.00 bits per heavy atom. The van der Waals surface area contributed by atoms with Crippen molar-refractivity contribution in [3.63, 3.8) is 0 Å². The first-order chi connectivity index (χ1) is 6.81. The molecule has 0 aliphatic heterocycles. The van der Waals surface area contributed by atoms with Crippen LogP contribution in [0.5, 0.6) is 0 Å². The lowest BCUT2D eigenvalue weighted by Crippen LogP contribution is -2.03. The van der Waals surface area contributed by atoms with E-state index in [2.05, 4.69) is 31.0 Å². The summed E-state index contributed by atoms with van der Waals surface area (Å²) in [6, 6.07) is 1.87. The van der Waals surface area contributed by atoms with Gasteiger partial charge in [-0.3, -0.25) is 0 Å². The summed E-state index contributed by atoms with van der Waals surface area (Å²) in [4.78, 5) is 8.03. The molecule has 5 nitrogen and oxygen atoms in total. The Hall–Kier alpha value is -1.27. The molecule has 0 aliphatic rings. The fraction of sp³-hybridized carbons (Fsp3) is 0.125. The van der Waals surface area contributed by atoms with Crippen molar-refractivity contribution in [1.82, 2.24) is 19.7 Å². The summed E-state index contributed by atoms with van der Waals surface area (Å²) in [5.41, 5.74) is 6.56. The smallest absolute Gasteiger partial charge is 0.155 e. The van der Waals surface area contributed by atoms with Gasteiger partial charge < -0.3 is 5.73 Å². The molecule has 0 amide bonds. The summed E-state index contributed by atoms with van der Waals surface area (Å²) in [6.07, 6.45) is 4.77. The van der Waals surface area contributed by atoms with Crippen molar-refractivity contribution < 1.29 is 0 Å². The molecule has 2 rings (SSSR count). The Labute approximate surface area is 89.1 Å². The lowest BCUT2D eigenvalue weighted by molar-refractivity contribution is 0.838. The number of hydrogen-bond donors (Lipinski definition) is 1. The zero-order valence-corrected chi connectivity index (χ0v) is 8.85. The molecular formula is C8H8BrN5. The van der Waals surface area contributed by atoms with Gasteiger partial charge in [0.15, 0.2) is 5.82 Å². The lowest BCUT2D eigenvalue weighted by atomic mass is 10.2. The standard InChI is InChI=1S/C8H8BrN5/c9-7-3-12-8(1-6(7)2-10)14-5-11-4-13-14/h1,3-5H,2,10H2. The monoisotopic (exact) mass is 253 g/mol. The van der Waals surface area contributed by atoms with E-state index in [-0.39, 0.29) is 0 Å². The van der Waals surface area contributed by atoms with Crippen LogP contribution in [0.2, 0.25) is 0 Å². The van der Waals surface area contributed by atoms with E-state index in [1.54, 1.807) is 17.2 Å². The molecule has 2 aromatic rings. The fourth-order valence-corrected chi connectivity index (χ4v) is 1.45. The third-order valence-corrected chi connectivity index (χ3v) is 2.51. The van der Waals surface area contributed by atoms with Crippen molar-refractivity contribution in [2.75, 3.05) is 0 Å². The molecule has 0 radical (unpaired) electrons. The molecular weight excluding hydrogens is 246 g/mol. The van der Waals surface area contributed by atoms with Gasteiger partial charge in [-0.25, -0.2) is 14.6 Å². The number of pyridine rings is 1. The molecule has 0 unspecified atom stereocenters. The molecule has 0 aliphatic carbocycles. The van der Waals surface area contributed by atoms with Gasteiger partial charge >= 0.3 is 0 Å². The summed E-state index contributed by atoms with van der Waals surface area (Å²) >= 11 is 3.37. The van der Waals surface area contributed by atoms with Gasteiger partial charge in [0.2, 0.25) is 0 Å². The first kappa shape index (κ1) is 9.29. The van der Waals surface area contributed by atoms with Gasteiger partial charge in [-0.2, -0.15) is 5.10 Å². The largest absolute Gasteiger partial charge is 0.326 e. The van der Waals surface area contributed by atoms with Crippen LogP contribution in [-0.2, 0) is 6.54 Å². The maximum atomic E-state index is 5.57. The molecule has 0 aromatic carbocycles. The molecule has 0 atom stereocenters. The van der Waals surface area contributed by atoms with Crippen LogP contribution < -0.4 is 5.73 Å². The Bertz CT molecular complexity index is 425. The SMILES string of the molecule is NCc1cc(-n2cncn2)ncc1Br. The van der Waals surface area contributed by atoms with Gasteiger partial charge in [0.1, 0.15) is 12.7 Å². The molecule has 0 saturated heterocycles. The minimum absolute atomic E-state index is 0.463. The fourth-order valence-electron chi connectivity index (χ4n) is 1.08. The van der Waals surface area contributed by atoms with Crippen molar-refractivity contribution in [1.29, 1.82) is 0 Å². The van der Waals surface area contributed by atoms with Gasteiger partial charge in [0.25, 0.3) is 0 Å². The minimum Gasteiger partial charge on any atom is -0.326 e. The third-order valence-electron chi connectivity index (χ3n) is 1.79. The van der Waals surface area contributed by atoms with Gasteiger partial charge in [0.05, 0.1) is 0 Å². The zero-order valence-electron chi connectivity index (χ0n) is 7.26. The quantitative estimate of drug-likeness (QED) is 0.863. The number of hydrogen-bond acceptors (Lipinski definition) is 4. The minimum atomic E-state index is 0.463. The highest BCUT2D eigenvalue weighted by Gasteiger charge is 2.03. The first-order valence-corrected chi connectivity index (χ1v) is 4.80. The van der Waals surface area contributed by atoms with Crippen molar-refractivity contribution in [3.8, 4) is 5.82 Å². The van der Waals surface area contributed by atoms with Gasteiger partial charge in [0, 0.05) is 17.2 Å². The highest BCUT2D eigenvalue weighted by molar-refractivity contribution is 9.10. The maximum Gasteiger partial charge on any atom is 0.155 e. The molecule has 14 heavy (non-hydrogen) atoms. The maximum absolute atomic E-state index is 5.57. The third kappa shape index (κ3) is 1.66. The predicted octanol–water partition coefficient (Wildman–Crippen LogP) is 0.883. The van der Waals surface area contributed by atoms with Crippen LogP contribution in [0.3, 0.4) is 0 Å². The molecule has 6 heteroatoms. The highest BCUT2D eigenvalue weighted by atomic mass is 79.9. The van der Waals surface area contributed by atoms with E-state index in [1.165, 1.54) is 6.33 Å². The number of aromatic nitrogens is 4. The van der Waals surface area contributed by atoms with Crippen molar-refractivity contribution >= 4 is 15.9 Å². The lowest BCUT2D eigenvalue weighted by Gasteiger charge is -2.03. The van der Waals surface area contributed by atoms with Crippen LogP contribution >= 0.6 is 15.9 Å². The zero-order chi connectivity index (χ0) is 9.97. The van der Waals surface area contributed by atoms with E-state index >= 15 is 0 Å². The average molecular weight is 254 g/mol. The Morgan fingerprint density at radius 1 is 1.50 bits per heavy atom. The van der Waals surface area contributed by atoms with Crippen molar-refractivity contribution in [2.45, 2.75) is 6.54 Å². The normalized spacial score (nSPS) is 10.4. The number of halogens is 1. The number of nitrogens with zero attached hydrogens (tertiary/aromatic N) is 4. The molecule has 72 valence electrons. The Kier molecular flexibility index (Phi) is 2.55. The van der Waals surface area contributed by atoms with Crippen molar-refractivity contribution in [2.24, 2.45) is 5.73 Å². The van der Waals surface area contributed by atoms with Gasteiger partial charge in [-0.1, -0.05) is 0 Å². The summed E-state index contributed by atoms with van der Waals surface area (Å²) < 4.78 is 2.50. The molecule has 2 N–H and O–H groups in total. The Balaban J connectivity index is 2.46.